The van der Waals surface area contributed by atoms with E-state index in [-0.39, 0.29) is 5.91 Å². The van der Waals surface area contributed by atoms with E-state index < -0.39 is 0 Å². The second-order valence-corrected chi connectivity index (χ2v) is 6.62. The maximum Gasteiger partial charge on any atom is 0.236 e. The lowest BCUT2D eigenvalue weighted by atomic mass is 10.2. The number of amides is 1. The molecular weight excluding hydrogens is 338 g/mol. The molecule has 25 heavy (non-hydrogen) atoms. The molecule has 0 unspecified atom stereocenters. The molecular formula is C18H24ClN5O. The van der Waals surface area contributed by atoms with E-state index in [1.165, 1.54) is 0 Å². The first-order valence-corrected chi connectivity index (χ1v) is 9.15. The number of anilines is 1. The van der Waals surface area contributed by atoms with E-state index in [2.05, 4.69) is 33.6 Å². The van der Waals surface area contributed by atoms with Crippen molar-refractivity contribution in [1.29, 1.82) is 0 Å². The molecule has 1 aliphatic rings. The van der Waals surface area contributed by atoms with Crippen LogP contribution in [0.5, 0.6) is 0 Å². The highest BCUT2D eigenvalue weighted by Crippen LogP contribution is 2.26. The van der Waals surface area contributed by atoms with E-state index in [4.69, 9.17) is 11.6 Å². The Hall–Kier alpha value is -1.92. The lowest BCUT2D eigenvalue weighted by Gasteiger charge is -2.36. The fourth-order valence-electron chi connectivity index (χ4n) is 3.17. The highest BCUT2D eigenvalue weighted by Gasteiger charge is 2.23. The summed E-state index contributed by atoms with van der Waals surface area (Å²) in [5.41, 5.74) is 0.845. The SMILES string of the molecule is CCN(CC)CC(=O)N1CCN(c2ncnc3cc(Cl)ccc23)CC1. The molecule has 2 heterocycles. The van der Waals surface area contributed by atoms with Crippen molar-refractivity contribution in [3.05, 3.63) is 29.5 Å². The highest BCUT2D eigenvalue weighted by molar-refractivity contribution is 6.31. The summed E-state index contributed by atoms with van der Waals surface area (Å²) >= 11 is 6.05. The van der Waals surface area contributed by atoms with Gasteiger partial charge >= 0.3 is 0 Å². The van der Waals surface area contributed by atoms with Crippen LogP contribution in [0.4, 0.5) is 5.82 Å². The van der Waals surface area contributed by atoms with Crippen LogP contribution in [0.15, 0.2) is 24.5 Å². The Morgan fingerprint density at radius 2 is 1.88 bits per heavy atom. The Morgan fingerprint density at radius 3 is 2.56 bits per heavy atom. The summed E-state index contributed by atoms with van der Waals surface area (Å²) in [6.45, 7) is 9.47. The van der Waals surface area contributed by atoms with E-state index in [0.717, 1.165) is 56.0 Å². The van der Waals surface area contributed by atoms with Crippen LogP contribution in [0.2, 0.25) is 5.02 Å². The first-order chi connectivity index (χ1) is 12.1. The van der Waals surface area contributed by atoms with Gasteiger partial charge in [0.15, 0.2) is 0 Å². The summed E-state index contributed by atoms with van der Waals surface area (Å²) < 4.78 is 0. The zero-order chi connectivity index (χ0) is 17.8. The average Bonchev–Trinajstić information content (AvgIpc) is 2.65. The minimum Gasteiger partial charge on any atom is -0.352 e. The van der Waals surface area contributed by atoms with Crippen molar-refractivity contribution < 1.29 is 4.79 Å². The van der Waals surface area contributed by atoms with Gasteiger partial charge in [0.2, 0.25) is 5.91 Å². The van der Waals surface area contributed by atoms with Gasteiger partial charge in [0.05, 0.1) is 12.1 Å². The first-order valence-electron chi connectivity index (χ1n) is 8.77. The summed E-state index contributed by atoms with van der Waals surface area (Å²) in [5, 5.41) is 1.67. The van der Waals surface area contributed by atoms with E-state index in [1.807, 2.05) is 23.1 Å². The zero-order valence-corrected chi connectivity index (χ0v) is 15.5. The number of piperazine rings is 1. The smallest absolute Gasteiger partial charge is 0.236 e. The fraction of sp³-hybridized carbons (Fsp3) is 0.500. The van der Waals surface area contributed by atoms with Gasteiger partial charge in [0.1, 0.15) is 12.1 Å². The van der Waals surface area contributed by atoms with Crippen LogP contribution in [0.3, 0.4) is 0 Å². The van der Waals surface area contributed by atoms with Gasteiger partial charge in [-0.2, -0.15) is 0 Å². The maximum absolute atomic E-state index is 12.4. The normalized spacial score (nSPS) is 15.2. The van der Waals surface area contributed by atoms with Gasteiger partial charge in [0, 0.05) is 36.6 Å². The molecule has 0 saturated carbocycles. The molecule has 2 aromatic rings. The molecule has 1 aromatic carbocycles. The van der Waals surface area contributed by atoms with Gasteiger partial charge in [-0.3, -0.25) is 9.69 Å². The first kappa shape index (κ1) is 17.9. The molecule has 0 radical (unpaired) electrons. The van der Waals surface area contributed by atoms with Crippen LogP contribution >= 0.6 is 11.6 Å². The van der Waals surface area contributed by atoms with Gasteiger partial charge in [-0.15, -0.1) is 0 Å². The van der Waals surface area contributed by atoms with E-state index in [1.54, 1.807) is 6.33 Å². The lowest BCUT2D eigenvalue weighted by Crippen LogP contribution is -2.51. The van der Waals surface area contributed by atoms with Crippen LogP contribution in [0.1, 0.15) is 13.8 Å². The van der Waals surface area contributed by atoms with E-state index in [0.29, 0.717) is 11.6 Å². The van der Waals surface area contributed by atoms with Gasteiger partial charge in [0.25, 0.3) is 0 Å². The summed E-state index contributed by atoms with van der Waals surface area (Å²) in [6.07, 6.45) is 1.58. The maximum atomic E-state index is 12.4. The minimum absolute atomic E-state index is 0.211. The summed E-state index contributed by atoms with van der Waals surface area (Å²) in [5.74, 6) is 1.13. The largest absolute Gasteiger partial charge is 0.352 e. The summed E-state index contributed by atoms with van der Waals surface area (Å²) in [7, 11) is 0. The average molecular weight is 362 g/mol. The molecule has 0 atom stereocenters. The predicted molar refractivity (Wildman–Crippen MR) is 101 cm³/mol. The second-order valence-electron chi connectivity index (χ2n) is 6.19. The summed E-state index contributed by atoms with van der Waals surface area (Å²) in [4.78, 5) is 27.5. The van der Waals surface area contributed by atoms with E-state index in [9.17, 15) is 4.79 Å². The molecule has 7 heteroatoms. The van der Waals surface area contributed by atoms with Gasteiger partial charge < -0.3 is 9.80 Å². The monoisotopic (exact) mass is 361 g/mol. The van der Waals surface area contributed by atoms with Crippen LogP contribution in [0.25, 0.3) is 10.9 Å². The van der Waals surface area contributed by atoms with Crippen molar-refractivity contribution in [2.45, 2.75) is 13.8 Å². The number of nitrogens with zero attached hydrogens (tertiary/aromatic N) is 5. The Balaban J connectivity index is 1.68. The molecule has 134 valence electrons. The van der Waals surface area contributed by atoms with E-state index >= 15 is 0 Å². The molecule has 1 aromatic heterocycles. The third-order valence-corrected chi connectivity index (χ3v) is 5.00. The molecule has 1 fully saturated rings. The van der Waals surface area contributed by atoms with Crippen molar-refractivity contribution in [3.63, 3.8) is 0 Å². The molecule has 1 saturated heterocycles. The molecule has 3 rings (SSSR count). The van der Waals surface area contributed by atoms with Crippen molar-refractivity contribution in [1.82, 2.24) is 19.8 Å². The number of halogens is 1. The van der Waals surface area contributed by atoms with Crippen LogP contribution in [0, 0.1) is 0 Å². The molecule has 1 aliphatic heterocycles. The Labute approximate surface area is 153 Å². The van der Waals surface area contributed by atoms with Gasteiger partial charge in [-0.25, -0.2) is 9.97 Å². The molecule has 0 spiro atoms. The number of carbonyl (C=O) groups excluding carboxylic acids is 1. The third kappa shape index (κ3) is 4.02. The quantitative estimate of drug-likeness (QED) is 0.817. The number of likely N-dealkylation sites (N-methyl/N-ethyl adjacent to an activating group) is 1. The summed E-state index contributed by atoms with van der Waals surface area (Å²) in [6, 6.07) is 5.68. The Kier molecular flexibility index (Phi) is 5.71. The minimum atomic E-state index is 0.211. The predicted octanol–water partition coefficient (Wildman–Crippen LogP) is 2.27. The zero-order valence-electron chi connectivity index (χ0n) is 14.8. The fourth-order valence-corrected chi connectivity index (χ4v) is 3.34. The Bertz CT molecular complexity index is 741. The molecule has 0 bridgehead atoms. The number of fused-ring (bicyclic) bond motifs is 1. The number of aromatic nitrogens is 2. The van der Waals surface area contributed by atoms with Crippen molar-refractivity contribution in [2.75, 3.05) is 50.7 Å². The number of rotatable bonds is 5. The number of carbonyl (C=O) groups is 1. The van der Waals surface area contributed by atoms with Gasteiger partial charge in [-0.05, 0) is 31.3 Å². The molecule has 0 aliphatic carbocycles. The van der Waals surface area contributed by atoms with Crippen molar-refractivity contribution in [2.24, 2.45) is 0 Å². The second kappa shape index (κ2) is 7.97. The molecule has 6 nitrogen and oxygen atoms in total. The molecule has 0 N–H and O–H groups in total. The van der Waals surface area contributed by atoms with Crippen molar-refractivity contribution >= 4 is 34.2 Å². The van der Waals surface area contributed by atoms with Crippen LogP contribution < -0.4 is 4.90 Å². The standard InChI is InChI=1S/C18H24ClN5O/c1-3-22(4-2)12-17(25)23-7-9-24(10-8-23)18-15-6-5-14(19)11-16(15)20-13-21-18/h5-6,11,13H,3-4,7-10,12H2,1-2H3. The number of benzene rings is 1. The topological polar surface area (TPSA) is 52.6 Å². The number of hydrogen-bond acceptors (Lipinski definition) is 5. The van der Waals surface area contributed by atoms with Crippen molar-refractivity contribution in [3.8, 4) is 0 Å². The number of hydrogen-bond donors (Lipinski definition) is 0. The van der Waals surface area contributed by atoms with Crippen LogP contribution in [-0.4, -0.2) is 71.5 Å². The highest BCUT2D eigenvalue weighted by atomic mass is 35.5. The lowest BCUT2D eigenvalue weighted by molar-refractivity contribution is -0.132. The Morgan fingerprint density at radius 1 is 1.16 bits per heavy atom. The van der Waals surface area contributed by atoms with Crippen LogP contribution in [-0.2, 0) is 4.79 Å². The molecule has 1 amide bonds. The third-order valence-electron chi connectivity index (χ3n) is 4.76. The van der Waals surface area contributed by atoms with Gasteiger partial charge in [-0.1, -0.05) is 25.4 Å².